The van der Waals surface area contributed by atoms with E-state index in [0.29, 0.717) is 5.92 Å². The molecule has 1 fully saturated rings. The molecular formula is C16H26N2O. The van der Waals surface area contributed by atoms with Crippen molar-refractivity contribution in [3.05, 3.63) is 29.8 Å². The molecule has 2 rings (SSSR count). The van der Waals surface area contributed by atoms with Gasteiger partial charge in [0.2, 0.25) is 0 Å². The summed E-state index contributed by atoms with van der Waals surface area (Å²) in [6.45, 7) is 7.14. The van der Waals surface area contributed by atoms with Gasteiger partial charge in [0.25, 0.3) is 0 Å². The number of nitrogens with zero attached hydrogens (tertiary/aromatic N) is 1. The van der Waals surface area contributed by atoms with Crippen molar-refractivity contribution in [3.63, 3.8) is 0 Å². The van der Waals surface area contributed by atoms with E-state index in [4.69, 9.17) is 10.5 Å². The first-order chi connectivity index (χ1) is 9.31. The topological polar surface area (TPSA) is 38.5 Å². The van der Waals surface area contributed by atoms with Crippen molar-refractivity contribution >= 4 is 0 Å². The second-order valence-corrected chi connectivity index (χ2v) is 5.39. The molecule has 1 heterocycles. The summed E-state index contributed by atoms with van der Waals surface area (Å²) >= 11 is 0. The normalized spacial score (nSPS) is 17.6. The van der Waals surface area contributed by atoms with Gasteiger partial charge in [0.05, 0.1) is 6.61 Å². The molecule has 0 spiro atoms. The molecular weight excluding hydrogens is 236 g/mol. The molecule has 1 aliphatic heterocycles. The van der Waals surface area contributed by atoms with Crippen LogP contribution in [0.1, 0.15) is 25.3 Å². The number of benzene rings is 1. The summed E-state index contributed by atoms with van der Waals surface area (Å²) in [7, 11) is 0. The molecule has 3 heteroatoms. The maximum Gasteiger partial charge on any atom is 0.119 e. The van der Waals surface area contributed by atoms with Gasteiger partial charge in [-0.25, -0.2) is 0 Å². The Morgan fingerprint density at radius 3 is 2.47 bits per heavy atom. The van der Waals surface area contributed by atoms with Crippen LogP contribution in [0.5, 0.6) is 5.75 Å². The standard InChI is InChI=1S/C16H26N2O/c1-2-19-16-7-5-14(6-8-16)11-15(12-17)13-18-9-3-4-10-18/h5-8,15H,2-4,9-13,17H2,1H3. The van der Waals surface area contributed by atoms with Gasteiger partial charge in [-0.1, -0.05) is 12.1 Å². The molecule has 3 nitrogen and oxygen atoms in total. The smallest absolute Gasteiger partial charge is 0.119 e. The summed E-state index contributed by atoms with van der Waals surface area (Å²) in [5.74, 6) is 1.52. The average molecular weight is 262 g/mol. The molecule has 1 aromatic carbocycles. The van der Waals surface area contributed by atoms with Crippen LogP contribution in [-0.4, -0.2) is 37.7 Å². The van der Waals surface area contributed by atoms with Crippen molar-refractivity contribution < 1.29 is 4.74 Å². The van der Waals surface area contributed by atoms with E-state index in [-0.39, 0.29) is 0 Å². The third kappa shape index (κ3) is 4.51. The zero-order valence-corrected chi connectivity index (χ0v) is 12.0. The van der Waals surface area contributed by atoms with Gasteiger partial charge in [-0.3, -0.25) is 0 Å². The van der Waals surface area contributed by atoms with Crippen molar-refractivity contribution in [2.24, 2.45) is 11.7 Å². The fraction of sp³-hybridized carbons (Fsp3) is 0.625. The lowest BCUT2D eigenvalue weighted by atomic mass is 9.99. The molecule has 0 radical (unpaired) electrons. The Hall–Kier alpha value is -1.06. The minimum Gasteiger partial charge on any atom is -0.494 e. The molecule has 1 aromatic rings. The molecule has 106 valence electrons. The number of ether oxygens (including phenoxy) is 1. The molecule has 1 atom stereocenters. The Balaban J connectivity index is 1.86. The van der Waals surface area contributed by atoms with Gasteiger partial charge in [0, 0.05) is 6.54 Å². The highest BCUT2D eigenvalue weighted by Gasteiger charge is 2.16. The van der Waals surface area contributed by atoms with Crippen LogP contribution in [0, 0.1) is 5.92 Å². The van der Waals surface area contributed by atoms with Crippen LogP contribution in [0.4, 0.5) is 0 Å². The van der Waals surface area contributed by atoms with E-state index in [1.165, 1.54) is 31.5 Å². The molecule has 2 N–H and O–H groups in total. The van der Waals surface area contributed by atoms with E-state index < -0.39 is 0 Å². The van der Waals surface area contributed by atoms with Crippen molar-refractivity contribution in [2.45, 2.75) is 26.2 Å². The number of rotatable bonds is 7. The minimum absolute atomic E-state index is 0.566. The first kappa shape index (κ1) is 14.4. The van der Waals surface area contributed by atoms with Gasteiger partial charge in [-0.15, -0.1) is 0 Å². The van der Waals surface area contributed by atoms with E-state index in [2.05, 4.69) is 29.2 Å². The highest BCUT2D eigenvalue weighted by atomic mass is 16.5. The quantitative estimate of drug-likeness (QED) is 0.819. The zero-order valence-electron chi connectivity index (χ0n) is 12.0. The molecule has 0 aromatic heterocycles. The predicted molar refractivity (Wildman–Crippen MR) is 79.5 cm³/mol. The van der Waals surface area contributed by atoms with Crippen LogP contribution < -0.4 is 10.5 Å². The van der Waals surface area contributed by atoms with Gasteiger partial charge >= 0.3 is 0 Å². The van der Waals surface area contributed by atoms with Crippen LogP contribution >= 0.6 is 0 Å². The molecule has 1 unspecified atom stereocenters. The summed E-state index contributed by atoms with van der Waals surface area (Å²) in [4.78, 5) is 2.55. The number of likely N-dealkylation sites (tertiary alicyclic amines) is 1. The molecule has 19 heavy (non-hydrogen) atoms. The Morgan fingerprint density at radius 1 is 1.21 bits per heavy atom. The Morgan fingerprint density at radius 2 is 1.89 bits per heavy atom. The average Bonchev–Trinajstić information content (AvgIpc) is 2.93. The van der Waals surface area contributed by atoms with E-state index in [9.17, 15) is 0 Å². The van der Waals surface area contributed by atoms with Crippen LogP contribution in [-0.2, 0) is 6.42 Å². The molecule has 0 saturated carbocycles. The van der Waals surface area contributed by atoms with E-state index in [0.717, 1.165) is 31.9 Å². The van der Waals surface area contributed by atoms with Gasteiger partial charge in [0.15, 0.2) is 0 Å². The van der Waals surface area contributed by atoms with Crippen molar-refractivity contribution in [2.75, 3.05) is 32.8 Å². The van der Waals surface area contributed by atoms with Crippen molar-refractivity contribution in [3.8, 4) is 5.75 Å². The van der Waals surface area contributed by atoms with E-state index in [1.807, 2.05) is 6.92 Å². The van der Waals surface area contributed by atoms with Gasteiger partial charge in [-0.05, 0) is 69.4 Å². The fourth-order valence-corrected chi connectivity index (χ4v) is 2.77. The van der Waals surface area contributed by atoms with Crippen LogP contribution in [0.15, 0.2) is 24.3 Å². The number of nitrogens with two attached hydrogens (primary N) is 1. The second kappa shape index (κ2) is 7.51. The maximum atomic E-state index is 5.92. The number of hydrogen-bond donors (Lipinski definition) is 1. The molecule has 1 aliphatic rings. The third-order valence-electron chi connectivity index (χ3n) is 3.81. The van der Waals surface area contributed by atoms with Crippen molar-refractivity contribution in [1.82, 2.24) is 4.90 Å². The van der Waals surface area contributed by atoms with Gasteiger partial charge < -0.3 is 15.4 Å². The van der Waals surface area contributed by atoms with E-state index >= 15 is 0 Å². The third-order valence-corrected chi connectivity index (χ3v) is 3.81. The maximum absolute atomic E-state index is 5.92. The zero-order chi connectivity index (χ0) is 13.5. The molecule has 0 bridgehead atoms. The fourth-order valence-electron chi connectivity index (χ4n) is 2.77. The lowest BCUT2D eigenvalue weighted by Crippen LogP contribution is -2.32. The first-order valence-electron chi connectivity index (χ1n) is 7.46. The molecule has 0 aliphatic carbocycles. The monoisotopic (exact) mass is 262 g/mol. The summed E-state index contributed by atoms with van der Waals surface area (Å²) in [5, 5.41) is 0. The van der Waals surface area contributed by atoms with Crippen LogP contribution in [0.25, 0.3) is 0 Å². The lowest BCUT2D eigenvalue weighted by molar-refractivity contribution is 0.279. The number of hydrogen-bond acceptors (Lipinski definition) is 3. The summed E-state index contributed by atoms with van der Waals surface area (Å²) < 4.78 is 5.47. The van der Waals surface area contributed by atoms with Crippen LogP contribution in [0.3, 0.4) is 0 Å². The summed E-state index contributed by atoms with van der Waals surface area (Å²) in [6, 6.07) is 8.44. The van der Waals surface area contributed by atoms with Crippen LogP contribution in [0.2, 0.25) is 0 Å². The Kier molecular flexibility index (Phi) is 5.67. The van der Waals surface area contributed by atoms with Gasteiger partial charge in [0.1, 0.15) is 5.75 Å². The highest BCUT2D eigenvalue weighted by Crippen LogP contribution is 2.17. The molecule has 0 amide bonds. The predicted octanol–water partition coefficient (Wildman–Crippen LogP) is 2.30. The molecule has 1 saturated heterocycles. The SMILES string of the molecule is CCOc1ccc(CC(CN)CN2CCCC2)cc1. The summed E-state index contributed by atoms with van der Waals surface area (Å²) in [5.41, 5.74) is 7.28. The first-order valence-corrected chi connectivity index (χ1v) is 7.46. The van der Waals surface area contributed by atoms with E-state index in [1.54, 1.807) is 0 Å². The lowest BCUT2D eigenvalue weighted by Gasteiger charge is -2.22. The largest absolute Gasteiger partial charge is 0.494 e. The van der Waals surface area contributed by atoms with Gasteiger partial charge in [-0.2, -0.15) is 0 Å². The second-order valence-electron chi connectivity index (χ2n) is 5.39. The van der Waals surface area contributed by atoms with Crippen molar-refractivity contribution in [1.29, 1.82) is 0 Å². The Labute approximate surface area is 116 Å². The highest BCUT2D eigenvalue weighted by molar-refractivity contribution is 5.27. The Bertz CT molecular complexity index is 358. The summed E-state index contributed by atoms with van der Waals surface area (Å²) in [6.07, 6.45) is 3.76. The minimum atomic E-state index is 0.566.